The molecule has 0 radical (unpaired) electrons. The lowest BCUT2D eigenvalue weighted by Gasteiger charge is -2.09. The van der Waals surface area contributed by atoms with Gasteiger partial charge >= 0.3 is 0 Å². The molecular formula is C18H20ClNO4. The molecule has 0 N–H and O–H groups in total. The van der Waals surface area contributed by atoms with E-state index >= 15 is 0 Å². The summed E-state index contributed by atoms with van der Waals surface area (Å²) in [6.45, 7) is 2.78. The number of rotatable bonds is 8. The van der Waals surface area contributed by atoms with Crippen molar-refractivity contribution < 1.29 is 19.0 Å². The van der Waals surface area contributed by atoms with Crippen LogP contribution in [0.15, 0.2) is 41.6 Å². The summed E-state index contributed by atoms with van der Waals surface area (Å²) in [6, 6.07) is 11.3. The van der Waals surface area contributed by atoms with Gasteiger partial charge in [0.15, 0.2) is 18.1 Å². The van der Waals surface area contributed by atoms with Crippen LogP contribution in [0.1, 0.15) is 11.1 Å². The minimum Gasteiger partial charge on any atom is -0.493 e. The average molecular weight is 350 g/mol. The Morgan fingerprint density at radius 2 is 1.79 bits per heavy atom. The molecule has 0 saturated carbocycles. The first-order chi connectivity index (χ1) is 11.6. The van der Waals surface area contributed by atoms with Gasteiger partial charge in [-0.2, -0.15) is 0 Å². The normalized spacial score (nSPS) is 10.7. The van der Waals surface area contributed by atoms with E-state index in [9.17, 15) is 0 Å². The zero-order valence-corrected chi connectivity index (χ0v) is 14.7. The minimum atomic E-state index is 0.339. The van der Waals surface area contributed by atoms with E-state index in [-0.39, 0.29) is 0 Å². The SMILES string of the molecule is COc1cc(C=NOCCOc2ccc(C)cc2)cc(Cl)c1OC. The van der Waals surface area contributed by atoms with E-state index in [0.717, 1.165) is 11.3 Å². The summed E-state index contributed by atoms with van der Waals surface area (Å²) in [5, 5.41) is 4.34. The van der Waals surface area contributed by atoms with E-state index in [4.69, 9.17) is 30.6 Å². The molecule has 0 amide bonds. The largest absolute Gasteiger partial charge is 0.493 e. The van der Waals surface area contributed by atoms with Crippen LogP contribution >= 0.6 is 11.6 Å². The molecule has 0 heterocycles. The van der Waals surface area contributed by atoms with Crippen LogP contribution in [0.4, 0.5) is 0 Å². The Balaban J connectivity index is 1.81. The highest BCUT2D eigenvalue weighted by Gasteiger charge is 2.09. The van der Waals surface area contributed by atoms with Crippen molar-refractivity contribution in [3.05, 3.63) is 52.5 Å². The van der Waals surface area contributed by atoms with Crippen molar-refractivity contribution in [1.82, 2.24) is 0 Å². The summed E-state index contributed by atoms with van der Waals surface area (Å²) in [6.07, 6.45) is 1.56. The van der Waals surface area contributed by atoms with Gasteiger partial charge in [-0.3, -0.25) is 0 Å². The van der Waals surface area contributed by atoms with Crippen LogP contribution in [0, 0.1) is 6.92 Å². The van der Waals surface area contributed by atoms with Gasteiger partial charge in [0, 0.05) is 5.56 Å². The quantitative estimate of drug-likeness (QED) is 0.409. The van der Waals surface area contributed by atoms with Crippen LogP contribution in [-0.2, 0) is 4.84 Å². The molecule has 0 aliphatic carbocycles. The second-order valence-corrected chi connectivity index (χ2v) is 5.37. The molecule has 0 aromatic heterocycles. The molecule has 0 atom stereocenters. The van der Waals surface area contributed by atoms with Gasteiger partial charge in [-0.1, -0.05) is 34.5 Å². The van der Waals surface area contributed by atoms with Crippen LogP contribution in [0.5, 0.6) is 17.2 Å². The molecule has 5 nitrogen and oxygen atoms in total. The van der Waals surface area contributed by atoms with Crippen LogP contribution in [0.2, 0.25) is 5.02 Å². The number of benzene rings is 2. The van der Waals surface area contributed by atoms with Gasteiger partial charge in [-0.25, -0.2) is 0 Å². The second-order valence-electron chi connectivity index (χ2n) is 4.97. The van der Waals surface area contributed by atoms with E-state index in [1.54, 1.807) is 25.5 Å². The predicted molar refractivity (Wildman–Crippen MR) is 94.8 cm³/mol. The van der Waals surface area contributed by atoms with Crippen molar-refractivity contribution in [1.29, 1.82) is 0 Å². The third-order valence-electron chi connectivity index (χ3n) is 3.20. The lowest BCUT2D eigenvalue weighted by molar-refractivity contribution is 0.108. The molecule has 128 valence electrons. The summed E-state index contributed by atoms with van der Waals surface area (Å²) < 4.78 is 16.0. The molecule has 6 heteroatoms. The predicted octanol–water partition coefficient (Wildman–Crippen LogP) is 4.10. The summed E-state index contributed by atoms with van der Waals surface area (Å²) >= 11 is 6.13. The molecule has 0 fully saturated rings. The molecule has 2 aromatic carbocycles. The molecule has 0 bridgehead atoms. The first-order valence-corrected chi connectivity index (χ1v) is 7.78. The molecule has 0 aliphatic rings. The van der Waals surface area contributed by atoms with E-state index in [1.807, 2.05) is 31.2 Å². The minimum absolute atomic E-state index is 0.339. The lowest BCUT2D eigenvalue weighted by atomic mass is 10.2. The number of halogens is 1. The Morgan fingerprint density at radius 3 is 2.46 bits per heavy atom. The summed E-state index contributed by atoms with van der Waals surface area (Å²) in [7, 11) is 3.09. The van der Waals surface area contributed by atoms with Gasteiger partial charge in [-0.05, 0) is 31.2 Å². The van der Waals surface area contributed by atoms with Gasteiger partial charge in [0.2, 0.25) is 0 Å². The van der Waals surface area contributed by atoms with Gasteiger partial charge < -0.3 is 19.0 Å². The number of ether oxygens (including phenoxy) is 3. The highest BCUT2D eigenvalue weighted by molar-refractivity contribution is 6.32. The van der Waals surface area contributed by atoms with Gasteiger partial charge in [0.1, 0.15) is 12.4 Å². The molecule has 0 spiro atoms. The Kier molecular flexibility index (Phi) is 6.75. The Bertz CT molecular complexity index is 686. The number of nitrogens with zero attached hydrogens (tertiary/aromatic N) is 1. The van der Waals surface area contributed by atoms with Crippen molar-refractivity contribution in [2.45, 2.75) is 6.92 Å². The topological polar surface area (TPSA) is 49.3 Å². The lowest BCUT2D eigenvalue weighted by Crippen LogP contribution is -2.04. The molecule has 0 saturated heterocycles. The number of aryl methyl sites for hydroxylation is 1. The molecule has 0 aliphatic heterocycles. The van der Waals surface area contributed by atoms with Gasteiger partial charge in [0.25, 0.3) is 0 Å². The highest BCUT2D eigenvalue weighted by Crippen LogP contribution is 2.35. The number of oxime groups is 1. The van der Waals surface area contributed by atoms with Crippen molar-refractivity contribution in [3.63, 3.8) is 0 Å². The Labute approximate surface area is 146 Å². The highest BCUT2D eigenvalue weighted by atomic mass is 35.5. The third-order valence-corrected chi connectivity index (χ3v) is 3.48. The third kappa shape index (κ3) is 5.06. The number of methoxy groups -OCH3 is 2. The Hall–Kier alpha value is -2.40. The monoisotopic (exact) mass is 349 g/mol. The first kappa shape index (κ1) is 17.9. The van der Waals surface area contributed by atoms with Crippen LogP contribution in [0.25, 0.3) is 0 Å². The van der Waals surface area contributed by atoms with Crippen molar-refractivity contribution in [2.75, 3.05) is 27.4 Å². The van der Waals surface area contributed by atoms with E-state index < -0.39 is 0 Å². The standard InChI is InChI=1S/C18H20ClNO4/c1-13-4-6-15(7-5-13)23-8-9-24-20-12-14-10-16(19)18(22-3)17(11-14)21-2/h4-7,10-12H,8-9H2,1-3H3. The maximum atomic E-state index is 6.13. The smallest absolute Gasteiger partial charge is 0.179 e. The fourth-order valence-corrected chi connectivity index (χ4v) is 2.29. The average Bonchev–Trinajstić information content (AvgIpc) is 2.59. The first-order valence-electron chi connectivity index (χ1n) is 7.40. The fourth-order valence-electron chi connectivity index (χ4n) is 1.99. The second kappa shape index (κ2) is 9.03. The van der Waals surface area contributed by atoms with Crippen LogP contribution in [-0.4, -0.2) is 33.6 Å². The molecule has 24 heavy (non-hydrogen) atoms. The summed E-state index contributed by atoms with van der Waals surface area (Å²) in [4.78, 5) is 5.18. The number of hydrogen-bond donors (Lipinski definition) is 0. The van der Waals surface area contributed by atoms with E-state index in [1.165, 1.54) is 12.7 Å². The van der Waals surface area contributed by atoms with Crippen molar-refractivity contribution in [3.8, 4) is 17.2 Å². The summed E-state index contributed by atoms with van der Waals surface area (Å²) in [5.41, 5.74) is 1.94. The van der Waals surface area contributed by atoms with Crippen LogP contribution in [0.3, 0.4) is 0 Å². The van der Waals surface area contributed by atoms with E-state index in [0.29, 0.717) is 29.7 Å². The molecule has 2 rings (SSSR count). The zero-order chi connectivity index (χ0) is 17.4. The van der Waals surface area contributed by atoms with Gasteiger partial charge in [0.05, 0.1) is 25.5 Å². The fraction of sp³-hybridized carbons (Fsp3) is 0.278. The summed E-state index contributed by atoms with van der Waals surface area (Å²) in [5.74, 6) is 1.83. The molecule has 0 unspecified atom stereocenters. The maximum absolute atomic E-state index is 6.13. The van der Waals surface area contributed by atoms with Crippen molar-refractivity contribution >= 4 is 17.8 Å². The molecular weight excluding hydrogens is 330 g/mol. The van der Waals surface area contributed by atoms with Crippen molar-refractivity contribution in [2.24, 2.45) is 5.16 Å². The van der Waals surface area contributed by atoms with Gasteiger partial charge in [-0.15, -0.1) is 0 Å². The molecule has 2 aromatic rings. The zero-order valence-electron chi connectivity index (χ0n) is 13.9. The van der Waals surface area contributed by atoms with E-state index in [2.05, 4.69) is 5.16 Å². The van der Waals surface area contributed by atoms with Crippen LogP contribution < -0.4 is 14.2 Å². The Morgan fingerprint density at radius 1 is 1.04 bits per heavy atom. The number of hydrogen-bond acceptors (Lipinski definition) is 5. The maximum Gasteiger partial charge on any atom is 0.179 e.